The van der Waals surface area contributed by atoms with E-state index in [0.29, 0.717) is 0 Å². The van der Waals surface area contributed by atoms with Gasteiger partial charge in [0.1, 0.15) is 6.20 Å². The molecule has 0 atom stereocenters. The molecule has 0 unspecified atom stereocenters. The van der Waals surface area contributed by atoms with Gasteiger partial charge in [0.15, 0.2) is 0 Å². The Balaban J connectivity index is 2.30. The Morgan fingerprint density at radius 3 is 2.50 bits per heavy atom. The molecule has 1 aromatic heterocycles. The molecule has 0 N–H and O–H groups in total. The van der Waals surface area contributed by atoms with Crippen LogP contribution in [0.1, 0.15) is 17.7 Å². The Hall–Kier alpha value is -2.31. The molecule has 0 aliphatic rings. The van der Waals surface area contributed by atoms with Gasteiger partial charge in [-0.15, -0.1) is 0 Å². The van der Waals surface area contributed by atoms with Crippen molar-refractivity contribution >= 4 is 5.69 Å². The zero-order valence-corrected chi connectivity index (χ0v) is 9.16. The summed E-state index contributed by atoms with van der Waals surface area (Å²) in [7, 11) is 0. The van der Waals surface area contributed by atoms with Crippen LogP contribution < -0.4 is 0 Å². The summed E-state index contributed by atoms with van der Waals surface area (Å²) in [4.78, 5) is 9.76. The monoisotopic (exact) mass is 253 g/mol. The average molecular weight is 253 g/mol. The van der Waals surface area contributed by atoms with Crippen molar-refractivity contribution < 1.29 is 13.7 Å². The van der Waals surface area contributed by atoms with Gasteiger partial charge in [-0.25, -0.2) is 8.78 Å². The van der Waals surface area contributed by atoms with E-state index < -0.39 is 22.7 Å². The Labute approximate surface area is 101 Å². The summed E-state index contributed by atoms with van der Waals surface area (Å²) in [6, 6.07) is 8.98. The van der Waals surface area contributed by atoms with E-state index in [9.17, 15) is 18.9 Å². The minimum absolute atomic E-state index is 0.217. The van der Waals surface area contributed by atoms with Gasteiger partial charge < -0.3 is 0 Å². The Morgan fingerprint density at radius 2 is 2.00 bits per heavy atom. The van der Waals surface area contributed by atoms with Gasteiger partial charge in [0.25, 0.3) is 6.43 Å². The van der Waals surface area contributed by atoms with Crippen LogP contribution in [0, 0.1) is 10.1 Å². The second-order valence-corrected chi connectivity index (χ2v) is 3.64. The first-order chi connectivity index (χ1) is 8.58. The minimum Gasteiger partial charge on any atom is -0.261 e. The Bertz CT molecular complexity index is 555. The molecule has 0 saturated carbocycles. The summed E-state index contributed by atoms with van der Waals surface area (Å²) in [6.45, 7) is 0.217. The predicted molar refractivity (Wildman–Crippen MR) is 59.4 cm³/mol. The van der Waals surface area contributed by atoms with Crippen molar-refractivity contribution in [3.05, 3.63) is 57.9 Å². The van der Waals surface area contributed by atoms with Crippen LogP contribution in [0.25, 0.3) is 0 Å². The lowest BCUT2D eigenvalue weighted by molar-refractivity contribution is -0.386. The van der Waals surface area contributed by atoms with E-state index >= 15 is 0 Å². The number of hydrogen-bond donors (Lipinski definition) is 0. The minimum atomic E-state index is -2.96. The lowest BCUT2D eigenvalue weighted by Gasteiger charge is -2.00. The smallest absolute Gasteiger partial charge is 0.261 e. The molecule has 7 heteroatoms. The molecular weight excluding hydrogens is 244 g/mol. The number of nitro groups is 1. The maximum Gasteiger partial charge on any atom is 0.316 e. The van der Waals surface area contributed by atoms with Crippen molar-refractivity contribution in [2.24, 2.45) is 0 Å². The van der Waals surface area contributed by atoms with Crippen molar-refractivity contribution in [3.8, 4) is 0 Å². The molecule has 1 aromatic carbocycles. The maximum absolute atomic E-state index is 12.6. The Kier molecular flexibility index (Phi) is 3.31. The van der Waals surface area contributed by atoms with Gasteiger partial charge in [0, 0.05) is 0 Å². The standard InChI is InChI=1S/C11H9F2N3O2/c12-11(13)10-9(16(17)18)7-15(14-10)6-8-4-2-1-3-5-8/h1-5,7,11H,6H2. The van der Waals surface area contributed by atoms with Gasteiger partial charge in [-0.05, 0) is 5.56 Å². The molecule has 2 aromatic rings. The molecule has 0 bridgehead atoms. The fraction of sp³-hybridized carbons (Fsp3) is 0.182. The van der Waals surface area contributed by atoms with Crippen LogP contribution in [0.4, 0.5) is 14.5 Å². The third kappa shape index (κ3) is 2.50. The number of alkyl halides is 2. The largest absolute Gasteiger partial charge is 0.316 e. The summed E-state index contributed by atoms with van der Waals surface area (Å²) < 4.78 is 26.3. The molecule has 0 radical (unpaired) electrons. The van der Waals surface area contributed by atoms with E-state index in [2.05, 4.69) is 5.10 Å². The second-order valence-electron chi connectivity index (χ2n) is 3.64. The van der Waals surface area contributed by atoms with Crippen molar-refractivity contribution in [2.75, 3.05) is 0 Å². The van der Waals surface area contributed by atoms with Crippen molar-refractivity contribution in [1.29, 1.82) is 0 Å². The van der Waals surface area contributed by atoms with E-state index in [4.69, 9.17) is 0 Å². The van der Waals surface area contributed by atoms with Crippen LogP contribution in [0.5, 0.6) is 0 Å². The van der Waals surface area contributed by atoms with Gasteiger partial charge in [-0.2, -0.15) is 5.10 Å². The number of benzene rings is 1. The molecule has 1 heterocycles. The lowest BCUT2D eigenvalue weighted by Crippen LogP contribution is -2.00. The maximum atomic E-state index is 12.6. The van der Waals surface area contributed by atoms with Gasteiger partial charge >= 0.3 is 5.69 Å². The summed E-state index contributed by atoms with van der Waals surface area (Å²) in [5, 5.41) is 14.2. The van der Waals surface area contributed by atoms with Crippen molar-refractivity contribution in [2.45, 2.75) is 13.0 Å². The quantitative estimate of drug-likeness (QED) is 0.621. The molecular formula is C11H9F2N3O2. The van der Waals surface area contributed by atoms with Crippen LogP contribution in [0.3, 0.4) is 0 Å². The average Bonchev–Trinajstić information content (AvgIpc) is 2.74. The van der Waals surface area contributed by atoms with Crippen LogP contribution in [-0.4, -0.2) is 14.7 Å². The van der Waals surface area contributed by atoms with Crippen LogP contribution in [-0.2, 0) is 6.54 Å². The van der Waals surface area contributed by atoms with Gasteiger partial charge in [-0.1, -0.05) is 30.3 Å². The zero-order valence-electron chi connectivity index (χ0n) is 9.16. The number of hydrogen-bond acceptors (Lipinski definition) is 3. The summed E-state index contributed by atoms with van der Waals surface area (Å²) in [6.07, 6.45) is -1.93. The SMILES string of the molecule is O=[N+]([O-])c1cn(Cc2ccccc2)nc1C(F)F. The first-order valence-electron chi connectivity index (χ1n) is 5.11. The number of rotatable bonds is 4. The van der Waals surface area contributed by atoms with Crippen LogP contribution in [0.2, 0.25) is 0 Å². The Morgan fingerprint density at radius 1 is 1.33 bits per heavy atom. The van der Waals surface area contributed by atoms with E-state index in [1.54, 1.807) is 24.3 Å². The summed E-state index contributed by atoms with van der Waals surface area (Å²) >= 11 is 0. The highest BCUT2D eigenvalue weighted by Gasteiger charge is 2.26. The molecule has 0 amide bonds. The van der Waals surface area contributed by atoms with E-state index in [1.807, 2.05) is 6.07 Å². The van der Waals surface area contributed by atoms with Gasteiger partial charge in [0.2, 0.25) is 5.69 Å². The topological polar surface area (TPSA) is 61.0 Å². The molecule has 0 aliphatic carbocycles. The highest BCUT2D eigenvalue weighted by Crippen LogP contribution is 2.27. The second kappa shape index (κ2) is 4.91. The molecule has 2 rings (SSSR count). The fourth-order valence-electron chi connectivity index (χ4n) is 1.57. The molecule has 0 aliphatic heterocycles. The highest BCUT2D eigenvalue weighted by atomic mass is 19.3. The molecule has 0 fully saturated rings. The summed E-state index contributed by atoms with van der Waals surface area (Å²) in [5.41, 5.74) is -0.618. The number of halogens is 2. The molecule has 18 heavy (non-hydrogen) atoms. The normalized spacial score (nSPS) is 10.8. The highest BCUT2D eigenvalue weighted by molar-refractivity contribution is 5.33. The number of aromatic nitrogens is 2. The molecule has 0 saturated heterocycles. The van der Waals surface area contributed by atoms with Gasteiger partial charge in [0.05, 0.1) is 11.5 Å². The van der Waals surface area contributed by atoms with E-state index in [0.717, 1.165) is 16.4 Å². The molecule has 0 spiro atoms. The third-order valence-electron chi connectivity index (χ3n) is 2.36. The lowest BCUT2D eigenvalue weighted by atomic mass is 10.2. The van der Waals surface area contributed by atoms with Crippen LogP contribution >= 0.6 is 0 Å². The predicted octanol–water partition coefficient (Wildman–Crippen LogP) is 2.78. The fourth-order valence-corrected chi connectivity index (χ4v) is 1.57. The summed E-state index contributed by atoms with van der Waals surface area (Å²) in [5.74, 6) is 0. The first kappa shape index (κ1) is 12.2. The van der Waals surface area contributed by atoms with Crippen molar-refractivity contribution in [1.82, 2.24) is 9.78 Å². The first-order valence-corrected chi connectivity index (χ1v) is 5.11. The number of nitrogens with zero attached hydrogens (tertiary/aromatic N) is 3. The zero-order chi connectivity index (χ0) is 13.1. The third-order valence-corrected chi connectivity index (χ3v) is 2.36. The van der Waals surface area contributed by atoms with E-state index in [-0.39, 0.29) is 6.54 Å². The van der Waals surface area contributed by atoms with E-state index in [1.165, 1.54) is 0 Å². The van der Waals surface area contributed by atoms with Gasteiger partial charge in [-0.3, -0.25) is 14.8 Å². The van der Waals surface area contributed by atoms with Crippen molar-refractivity contribution in [3.63, 3.8) is 0 Å². The molecule has 94 valence electrons. The molecule has 5 nitrogen and oxygen atoms in total. The van der Waals surface area contributed by atoms with Crippen LogP contribution in [0.15, 0.2) is 36.5 Å².